The summed E-state index contributed by atoms with van der Waals surface area (Å²) < 4.78 is 12.5. The fourth-order valence-corrected chi connectivity index (χ4v) is 10.9. The molecule has 364 valence electrons. The second-order valence-corrected chi connectivity index (χ2v) is 21.1. The third kappa shape index (κ3) is 12.5. The number of amides is 2. The average Bonchev–Trinajstić information content (AvgIpc) is 4.04. The fraction of sp³-hybridized carbons (Fsp3) is 0.679. The molecule has 0 radical (unpaired) electrons. The van der Waals surface area contributed by atoms with Crippen molar-refractivity contribution in [3.8, 4) is 0 Å². The first-order chi connectivity index (χ1) is 31.7. The normalized spacial score (nSPS) is 22.6. The molecule has 1 aliphatic carbocycles. The van der Waals surface area contributed by atoms with Crippen LogP contribution < -0.4 is 10.7 Å². The van der Waals surface area contributed by atoms with Crippen LogP contribution in [0, 0.1) is 30.1 Å². The number of aliphatic imine (C=N–C) groups is 1. The van der Waals surface area contributed by atoms with Crippen LogP contribution in [-0.4, -0.2) is 90.0 Å². The molecule has 4 aliphatic rings. The first kappa shape index (κ1) is 51.7. The number of methoxy groups -OCH3 is 1. The van der Waals surface area contributed by atoms with E-state index < -0.39 is 6.04 Å². The zero-order valence-corrected chi connectivity index (χ0v) is 42.9. The van der Waals surface area contributed by atoms with Gasteiger partial charge in [0.2, 0.25) is 5.91 Å². The van der Waals surface area contributed by atoms with Crippen molar-refractivity contribution in [1.29, 1.82) is 0 Å². The van der Waals surface area contributed by atoms with Gasteiger partial charge in [0.1, 0.15) is 6.04 Å². The van der Waals surface area contributed by atoms with E-state index in [-0.39, 0.29) is 46.8 Å². The van der Waals surface area contributed by atoms with Gasteiger partial charge in [0.05, 0.1) is 35.8 Å². The number of ether oxygens (including phenoxy) is 2. The van der Waals surface area contributed by atoms with Gasteiger partial charge in [-0.05, 0) is 128 Å². The van der Waals surface area contributed by atoms with Crippen molar-refractivity contribution in [3.63, 3.8) is 0 Å². The lowest BCUT2D eigenvalue weighted by Gasteiger charge is -2.47. The Bertz CT molecular complexity index is 2050. The molecular formula is C56H86N6O4. The highest BCUT2D eigenvalue weighted by molar-refractivity contribution is 6.05. The van der Waals surface area contributed by atoms with Crippen LogP contribution >= 0.6 is 0 Å². The summed E-state index contributed by atoms with van der Waals surface area (Å²) >= 11 is 0. The molecule has 2 aromatic rings. The molecule has 2 amide bonds. The predicted octanol–water partition coefficient (Wildman–Crippen LogP) is 11.4. The van der Waals surface area contributed by atoms with E-state index in [2.05, 4.69) is 121 Å². The first-order valence-corrected chi connectivity index (χ1v) is 26.0. The Balaban J connectivity index is 1.34. The second kappa shape index (κ2) is 23.5. The Hall–Kier alpha value is -3.70. The highest BCUT2D eigenvalue weighted by atomic mass is 16.5. The Morgan fingerprint density at radius 1 is 1.02 bits per heavy atom. The van der Waals surface area contributed by atoms with E-state index in [1.807, 2.05) is 6.20 Å². The number of aryl methyl sites for hydroxylation is 1. The largest absolute Gasteiger partial charge is 0.375 e. The van der Waals surface area contributed by atoms with Gasteiger partial charge in [-0.1, -0.05) is 105 Å². The summed E-state index contributed by atoms with van der Waals surface area (Å²) in [6.07, 6.45) is 17.2. The molecule has 1 aromatic carbocycles. The van der Waals surface area contributed by atoms with Crippen LogP contribution in [-0.2, 0) is 19.1 Å². The highest BCUT2D eigenvalue weighted by Gasteiger charge is 2.44. The van der Waals surface area contributed by atoms with Gasteiger partial charge < -0.3 is 14.8 Å². The van der Waals surface area contributed by atoms with Crippen LogP contribution in [0.4, 0.5) is 0 Å². The molecule has 5 unspecified atom stereocenters. The lowest BCUT2D eigenvalue weighted by Crippen LogP contribution is -2.62. The Morgan fingerprint density at radius 3 is 2.45 bits per heavy atom. The number of allylic oxidation sites excluding steroid dienone is 3. The number of hydrogen-bond acceptors (Lipinski definition) is 8. The minimum absolute atomic E-state index is 0.0261. The quantitative estimate of drug-likeness (QED) is 0.128. The Labute approximate surface area is 399 Å². The number of benzene rings is 1. The van der Waals surface area contributed by atoms with Gasteiger partial charge in [0.15, 0.2) is 0 Å². The van der Waals surface area contributed by atoms with Crippen molar-refractivity contribution in [2.45, 2.75) is 183 Å². The Morgan fingerprint density at radius 2 is 1.79 bits per heavy atom. The summed E-state index contributed by atoms with van der Waals surface area (Å²) in [6, 6.07) is 10.1. The lowest BCUT2D eigenvalue weighted by molar-refractivity contribution is -0.152. The maximum atomic E-state index is 15.0. The molecule has 6 rings (SSSR count). The van der Waals surface area contributed by atoms with E-state index in [1.165, 1.54) is 22.3 Å². The van der Waals surface area contributed by atoms with Crippen molar-refractivity contribution in [2.24, 2.45) is 28.2 Å². The summed E-state index contributed by atoms with van der Waals surface area (Å²) in [4.78, 5) is 42.1. The minimum atomic E-state index is -0.737. The van der Waals surface area contributed by atoms with Gasteiger partial charge >= 0.3 is 0 Å². The van der Waals surface area contributed by atoms with Crippen LogP contribution in [0.3, 0.4) is 0 Å². The zero-order chi connectivity index (χ0) is 47.6. The maximum Gasteiger partial charge on any atom is 0.259 e. The first-order valence-electron chi connectivity index (χ1n) is 26.0. The number of nitrogens with zero attached hydrogens (tertiary/aromatic N) is 4. The summed E-state index contributed by atoms with van der Waals surface area (Å²) in [5.41, 5.74) is 13.4. The zero-order valence-electron chi connectivity index (χ0n) is 42.9. The number of hydrazine groups is 1. The average molecular weight is 907 g/mol. The molecule has 10 nitrogen and oxygen atoms in total. The predicted molar refractivity (Wildman–Crippen MR) is 271 cm³/mol. The molecule has 2 saturated heterocycles. The third-order valence-electron chi connectivity index (χ3n) is 15.9. The highest BCUT2D eigenvalue weighted by Crippen LogP contribution is 2.45. The summed E-state index contributed by atoms with van der Waals surface area (Å²) in [6.45, 7) is 26.2. The van der Waals surface area contributed by atoms with Crippen LogP contribution in [0.25, 0.3) is 11.1 Å². The molecule has 10 heteroatoms. The van der Waals surface area contributed by atoms with Crippen LogP contribution in [0.15, 0.2) is 53.3 Å². The molecule has 1 aromatic heterocycles. The van der Waals surface area contributed by atoms with Crippen molar-refractivity contribution in [2.75, 3.05) is 39.9 Å². The van der Waals surface area contributed by atoms with Crippen LogP contribution in [0.2, 0.25) is 0 Å². The van der Waals surface area contributed by atoms with Gasteiger partial charge in [-0.25, -0.2) is 5.43 Å². The molecule has 66 heavy (non-hydrogen) atoms. The fourth-order valence-electron chi connectivity index (χ4n) is 10.9. The third-order valence-corrected chi connectivity index (χ3v) is 15.9. The Kier molecular flexibility index (Phi) is 18.4. The van der Waals surface area contributed by atoms with Crippen molar-refractivity contribution in [1.82, 2.24) is 25.6 Å². The summed E-state index contributed by atoms with van der Waals surface area (Å²) in [7, 11) is 1.76. The van der Waals surface area contributed by atoms with Crippen LogP contribution in [0.5, 0.6) is 0 Å². The lowest BCUT2D eigenvalue weighted by atomic mass is 9.74. The SMILES string of the molecule is CCC(C)CC1(CC)CN(C(C(=O)NC(CC2=CCC(c3ccc(C)c(/C(CC(C)(C)CC)=C(/c4cccnc4C(C)OC)[C@H](C)CC)c3)=N2)C(=O)N2CCCCN2)C2CCCC2)CCO1. The molecular weight excluding hydrogens is 821 g/mol. The molecule has 6 atom stereocenters. The van der Waals surface area contributed by atoms with Crippen molar-refractivity contribution in [3.05, 3.63) is 76.2 Å². The molecule has 3 fully saturated rings. The number of morpholine rings is 1. The monoisotopic (exact) mass is 907 g/mol. The maximum absolute atomic E-state index is 15.0. The van der Waals surface area contributed by atoms with Crippen molar-refractivity contribution < 1.29 is 19.1 Å². The molecule has 4 heterocycles. The van der Waals surface area contributed by atoms with E-state index in [4.69, 9.17) is 19.5 Å². The molecule has 3 aliphatic heterocycles. The van der Waals surface area contributed by atoms with Crippen LogP contribution in [0.1, 0.15) is 186 Å². The van der Waals surface area contributed by atoms with Gasteiger partial charge in [0.25, 0.3) is 5.91 Å². The number of rotatable bonds is 21. The van der Waals surface area contributed by atoms with E-state index in [1.54, 1.807) is 12.1 Å². The number of nitrogens with one attached hydrogen (secondary N) is 2. The van der Waals surface area contributed by atoms with E-state index in [0.717, 1.165) is 125 Å². The number of carbonyl (C=O) groups excluding carboxylic acids is 2. The van der Waals surface area contributed by atoms with E-state index in [0.29, 0.717) is 31.9 Å². The van der Waals surface area contributed by atoms with Gasteiger partial charge in [0, 0.05) is 63.6 Å². The van der Waals surface area contributed by atoms with Gasteiger partial charge in [-0.3, -0.25) is 29.5 Å². The van der Waals surface area contributed by atoms with E-state index in [9.17, 15) is 9.59 Å². The van der Waals surface area contributed by atoms with Gasteiger partial charge in [-0.2, -0.15) is 0 Å². The minimum Gasteiger partial charge on any atom is -0.375 e. The molecule has 1 saturated carbocycles. The standard InChI is InChI=1S/C56H86N6O4/c1-12-38(5)35-56(15-4)37-61(31-32-66-56)52(42-21-16-17-22-42)53(63)60-49(54(64)62-30-19-18-29-58-62)34-44-26-27-48(59-44)43-25-24-40(7)46(33-43)47(36-55(9,10)14-3)50(39(6)13-2)45-23-20-28-57-51(45)41(8)65-11/h20,23-26,28,33,38-39,41-42,49,52,58H,12-19,21-22,27,29-32,34-37H2,1-11H3,(H,60,63)/b50-47+/t38?,39-,41?,49?,52?,56?/m1/s1. The summed E-state index contributed by atoms with van der Waals surface area (Å²) in [5, 5.41) is 5.15. The van der Waals surface area contributed by atoms with Gasteiger partial charge in [-0.15, -0.1) is 0 Å². The second-order valence-electron chi connectivity index (χ2n) is 21.1. The van der Waals surface area contributed by atoms with Crippen molar-refractivity contribution >= 4 is 28.7 Å². The number of aromatic nitrogens is 1. The molecule has 2 N–H and O–H groups in total. The molecule has 0 bridgehead atoms. The van der Waals surface area contributed by atoms with E-state index >= 15 is 0 Å². The number of carbonyl (C=O) groups is 2. The number of hydrogen-bond donors (Lipinski definition) is 2. The molecule has 0 spiro atoms. The summed E-state index contributed by atoms with van der Waals surface area (Å²) in [5.74, 6) is 0.974. The topological polar surface area (TPSA) is 108 Å². The number of pyridine rings is 1. The smallest absolute Gasteiger partial charge is 0.259 e.